The predicted octanol–water partition coefficient (Wildman–Crippen LogP) is 3.93. The molecule has 0 aliphatic rings. The molecular formula is C12H12F3N3S3. The molecule has 2 N–H and O–H groups in total. The summed E-state index contributed by atoms with van der Waals surface area (Å²) in [5, 5.41) is 7.77. The fraction of sp³-hybridized carbons (Fsp3) is 0.333. The van der Waals surface area contributed by atoms with E-state index in [9.17, 15) is 13.2 Å². The first-order valence-electron chi connectivity index (χ1n) is 5.89. The number of aromatic nitrogens is 2. The summed E-state index contributed by atoms with van der Waals surface area (Å²) in [7, 11) is 0. The second-order valence-corrected chi connectivity index (χ2v) is 7.33. The van der Waals surface area contributed by atoms with Gasteiger partial charge in [0.15, 0.2) is 8.68 Å². The Kier molecular flexibility index (Phi) is 5.53. The van der Waals surface area contributed by atoms with Crippen LogP contribution >= 0.6 is 34.9 Å². The highest BCUT2D eigenvalue weighted by atomic mass is 32.2. The minimum atomic E-state index is -4.40. The van der Waals surface area contributed by atoms with Crippen LogP contribution in [0, 0.1) is 0 Å². The Labute approximate surface area is 132 Å². The Bertz CT molecular complexity index is 613. The molecule has 3 nitrogen and oxygen atoms in total. The second-order valence-electron chi connectivity index (χ2n) is 4.01. The molecule has 0 fully saturated rings. The van der Waals surface area contributed by atoms with E-state index < -0.39 is 11.7 Å². The first-order chi connectivity index (χ1) is 9.94. The normalized spacial score (nSPS) is 11.9. The Morgan fingerprint density at radius 2 is 1.95 bits per heavy atom. The van der Waals surface area contributed by atoms with Crippen LogP contribution in [0.3, 0.4) is 0 Å². The van der Waals surface area contributed by atoms with Crippen LogP contribution in [-0.2, 0) is 12.6 Å². The zero-order valence-electron chi connectivity index (χ0n) is 11.0. The van der Waals surface area contributed by atoms with Crippen molar-refractivity contribution in [1.29, 1.82) is 0 Å². The summed E-state index contributed by atoms with van der Waals surface area (Å²) < 4.78 is 40.7. The molecule has 1 aromatic heterocycles. The molecule has 0 amide bonds. The van der Waals surface area contributed by atoms with Gasteiger partial charge < -0.3 is 5.73 Å². The van der Waals surface area contributed by atoms with Gasteiger partial charge in [0, 0.05) is 4.90 Å². The Morgan fingerprint density at radius 1 is 1.24 bits per heavy atom. The minimum absolute atomic E-state index is 0.132. The maximum absolute atomic E-state index is 13.2. The fourth-order valence-electron chi connectivity index (χ4n) is 1.62. The zero-order chi connectivity index (χ0) is 15.5. The highest BCUT2D eigenvalue weighted by Crippen LogP contribution is 2.41. The third-order valence-corrected chi connectivity index (χ3v) is 5.57. The lowest BCUT2D eigenvalue weighted by Gasteiger charge is -2.13. The number of benzene rings is 1. The molecule has 2 aromatic rings. The summed E-state index contributed by atoms with van der Waals surface area (Å²) in [5.41, 5.74) is 5.32. The Hall–Kier alpha value is -0.770. The minimum Gasteiger partial charge on any atom is -0.330 e. The molecule has 0 spiro atoms. The maximum atomic E-state index is 13.2. The van der Waals surface area contributed by atoms with Crippen molar-refractivity contribution in [2.75, 3.05) is 12.8 Å². The number of hydrogen-bond donors (Lipinski definition) is 1. The van der Waals surface area contributed by atoms with Crippen molar-refractivity contribution in [3.8, 4) is 0 Å². The van der Waals surface area contributed by atoms with E-state index >= 15 is 0 Å². The molecule has 9 heteroatoms. The molecule has 1 aromatic carbocycles. The van der Waals surface area contributed by atoms with Crippen molar-refractivity contribution < 1.29 is 13.2 Å². The SMILES string of the molecule is CSc1nnc(Sc2ccc(CCN)cc2C(F)(F)F)s1. The van der Waals surface area contributed by atoms with E-state index in [0.717, 1.165) is 22.2 Å². The van der Waals surface area contributed by atoms with Gasteiger partial charge >= 0.3 is 6.18 Å². The van der Waals surface area contributed by atoms with E-state index in [1.807, 2.05) is 6.26 Å². The summed E-state index contributed by atoms with van der Waals surface area (Å²) in [6.45, 7) is 0.317. The van der Waals surface area contributed by atoms with Crippen molar-refractivity contribution in [3.63, 3.8) is 0 Å². The predicted molar refractivity (Wildman–Crippen MR) is 80.0 cm³/mol. The van der Waals surface area contributed by atoms with Crippen LogP contribution in [0.1, 0.15) is 11.1 Å². The van der Waals surface area contributed by atoms with Gasteiger partial charge in [-0.25, -0.2) is 0 Å². The Morgan fingerprint density at radius 3 is 2.52 bits per heavy atom. The highest BCUT2D eigenvalue weighted by Gasteiger charge is 2.34. The van der Waals surface area contributed by atoms with Crippen LogP contribution in [0.2, 0.25) is 0 Å². The fourth-order valence-corrected chi connectivity index (χ4v) is 4.15. The van der Waals surface area contributed by atoms with E-state index in [4.69, 9.17) is 5.73 Å². The average molecular weight is 351 g/mol. The summed E-state index contributed by atoms with van der Waals surface area (Å²) in [6.07, 6.45) is -2.14. The smallest absolute Gasteiger partial charge is 0.330 e. The monoisotopic (exact) mass is 351 g/mol. The number of nitrogens with two attached hydrogens (primary N) is 1. The molecule has 0 bridgehead atoms. The van der Waals surface area contributed by atoms with Crippen molar-refractivity contribution in [1.82, 2.24) is 10.2 Å². The number of hydrogen-bond acceptors (Lipinski definition) is 6. The van der Waals surface area contributed by atoms with Crippen LogP contribution in [0.5, 0.6) is 0 Å². The lowest BCUT2D eigenvalue weighted by atomic mass is 10.1. The topological polar surface area (TPSA) is 51.8 Å². The van der Waals surface area contributed by atoms with Crippen molar-refractivity contribution in [2.45, 2.75) is 26.2 Å². The van der Waals surface area contributed by atoms with Gasteiger partial charge in [-0.05, 0) is 36.9 Å². The van der Waals surface area contributed by atoms with Gasteiger partial charge in [0.25, 0.3) is 0 Å². The summed E-state index contributed by atoms with van der Waals surface area (Å²) >= 11 is 3.68. The number of thioether (sulfide) groups is 1. The van der Waals surface area contributed by atoms with Gasteiger partial charge in [0.05, 0.1) is 5.56 Å². The van der Waals surface area contributed by atoms with Gasteiger partial charge in [-0.2, -0.15) is 13.2 Å². The van der Waals surface area contributed by atoms with Gasteiger partial charge in [-0.3, -0.25) is 0 Å². The Balaban J connectivity index is 2.33. The van der Waals surface area contributed by atoms with E-state index in [0.29, 0.717) is 22.9 Å². The third kappa shape index (κ3) is 4.35. The van der Waals surface area contributed by atoms with Crippen LogP contribution in [0.4, 0.5) is 13.2 Å². The standard InChI is InChI=1S/C12H12F3N3S3/c1-19-10-17-18-11(21-10)20-9-3-2-7(4-5-16)6-8(9)12(13,14)15/h2-3,6H,4-5,16H2,1H3. The van der Waals surface area contributed by atoms with Gasteiger partial charge in [-0.15, -0.1) is 10.2 Å². The third-order valence-electron chi connectivity index (χ3n) is 2.54. The van der Waals surface area contributed by atoms with E-state index in [1.54, 1.807) is 6.07 Å². The molecule has 21 heavy (non-hydrogen) atoms. The average Bonchev–Trinajstić information content (AvgIpc) is 2.87. The lowest BCUT2D eigenvalue weighted by molar-refractivity contribution is -0.139. The van der Waals surface area contributed by atoms with Crippen LogP contribution in [0.25, 0.3) is 0 Å². The maximum Gasteiger partial charge on any atom is 0.417 e. The molecule has 0 saturated heterocycles. The molecule has 0 radical (unpaired) electrons. The molecule has 1 heterocycles. The first kappa shape index (κ1) is 16.6. The summed E-state index contributed by atoms with van der Waals surface area (Å²) in [6, 6.07) is 4.30. The quantitative estimate of drug-likeness (QED) is 0.827. The van der Waals surface area contributed by atoms with Crippen molar-refractivity contribution in [3.05, 3.63) is 29.3 Å². The highest BCUT2D eigenvalue weighted by molar-refractivity contribution is 8.03. The van der Waals surface area contributed by atoms with Crippen LogP contribution in [-0.4, -0.2) is 23.0 Å². The van der Waals surface area contributed by atoms with Gasteiger partial charge in [0.2, 0.25) is 0 Å². The molecule has 0 aliphatic heterocycles. The molecule has 114 valence electrons. The largest absolute Gasteiger partial charge is 0.417 e. The van der Waals surface area contributed by atoms with Crippen LogP contribution < -0.4 is 5.73 Å². The molecule has 2 rings (SSSR count). The number of nitrogens with zero attached hydrogens (tertiary/aromatic N) is 2. The number of halogens is 3. The first-order valence-corrected chi connectivity index (χ1v) is 8.75. The van der Waals surface area contributed by atoms with Crippen molar-refractivity contribution >= 4 is 34.9 Å². The van der Waals surface area contributed by atoms with Gasteiger partial charge in [0.1, 0.15) is 0 Å². The lowest BCUT2D eigenvalue weighted by Crippen LogP contribution is -2.09. The number of alkyl halides is 3. The molecule has 0 unspecified atom stereocenters. The van der Waals surface area contributed by atoms with Crippen molar-refractivity contribution in [2.24, 2.45) is 5.73 Å². The number of rotatable bonds is 5. The molecule has 0 atom stereocenters. The van der Waals surface area contributed by atoms with Gasteiger partial charge in [-0.1, -0.05) is 40.9 Å². The molecule has 0 aliphatic carbocycles. The van der Waals surface area contributed by atoms with E-state index in [2.05, 4.69) is 10.2 Å². The zero-order valence-corrected chi connectivity index (χ0v) is 13.4. The van der Waals surface area contributed by atoms with E-state index in [1.165, 1.54) is 29.2 Å². The summed E-state index contributed by atoms with van der Waals surface area (Å²) in [5.74, 6) is 0. The van der Waals surface area contributed by atoms with E-state index in [-0.39, 0.29) is 4.90 Å². The van der Waals surface area contributed by atoms with Crippen LogP contribution in [0.15, 0.2) is 31.8 Å². The molecular weight excluding hydrogens is 339 g/mol. The second kappa shape index (κ2) is 6.99. The molecule has 0 saturated carbocycles. The summed E-state index contributed by atoms with van der Waals surface area (Å²) in [4.78, 5) is 0.132.